The van der Waals surface area contributed by atoms with E-state index in [1.165, 1.54) is 0 Å². The number of hydrogen-bond acceptors (Lipinski definition) is 8. The van der Waals surface area contributed by atoms with Crippen molar-refractivity contribution in [2.45, 2.75) is 19.9 Å². The topological polar surface area (TPSA) is 118 Å². The molecule has 0 aliphatic carbocycles. The van der Waals surface area contributed by atoms with E-state index in [-0.39, 0.29) is 12.3 Å². The summed E-state index contributed by atoms with van der Waals surface area (Å²) in [5.41, 5.74) is -0.00449. The standard InChI is InChI=1S/C16H16N4O6/c1-3-25-10-7-5-9(6-8-10)19-14(21)11-12(16(23)26-4-2)17-20(18-24)13(11)15(19)22/h5-8,11,13H,3-4H2,1-2H3/t11-,13+/m0/s1. The molecule has 136 valence electrons. The second kappa shape index (κ2) is 6.90. The fraction of sp³-hybridized carbons (Fsp3) is 0.375. The third-order valence-corrected chi connectivity index (χ3v) is 4.00. The largest absolute Gasteiger partial charge is 0.494 e. The third-order valence-electron chi connectivity index (χ3n) is 4.00. The number of fused-ring (bicyclic) bond motifs is 1. The Hall–Kier alpha value is -3.30. The number of esters is 1. The molecular weight excluding hydrogens is 344 g/mol. The van der Waals surface area contributed by atoms with Crippen molar-refractivity contribution in [1.29, 1.82) is 0 Å². The number of nitroso groups, excluding NO2 is 1. The maximum absolute atomic E-state index is 12.8. The molecule has 0 N–H and O–H groups in total. The second-order valence-corrected chi connectivity index (χ2v) is 5.47. The fourth-order valence-corrected chi connectivity index (χ4v) is 2.95. The molecule has 1 aromatic carbocycles. The van der Waals surface area contributed by atoms with Crippen molar-refractivity contribution in [3.63, 3.8) is 0 Å². The number of rotatable bonds is 6. The Kier molecular flexibility index (Phi) is 4.65. The molecule has 1 aromatic rings. The number of carbonyl (C=O) groups excluding carboxylic acids is 3. The van der Waals surface area contributed by atoms with E-state index in [0.29, 0.717) is 23.2 Å². The molecule has 2 aliphatic rings. The minimum absolute atomic E-state index is 0.0640. The summed E-state index contributed by atoms with van der Waals surface area (Å²) in [4.78, 5) is 49.5. The van der Waals surface area contributed by atoms with Gasteiger partial charge in [-0.1, -0.05) is 0 Å². The maximum Gasteiger partial charge on any atom is 0.355 e. The van der Waals surface area contributed by atoms with Gasteiger partial charge in [0.15, 0.2) is 11.8 Å². The molecule has 10 heteroatoms. The molecule has 0 bridgehead atoms. The van der Waals surface area contributed by atoms with Gasteiger partial charge in [-0.25, -0.2) is 9.69 Å². The molecule has 0 aromatic heterocycles. The smallest absolute Gasteiger partial charge is 0.355 e. The van der Waals surface area contributed by atoms with E-state index < -0.39 is 29.7 Å². The van der Waals surface area contributed by atoms with Crippen LogP contribution >= 0.6 is 0 Å². The zero-order valence-corrected chi connectivity index (χ0v) is 14.1. The summed E-state index contributed by atoms with van der Waals surface area (Å²) in [6.07, 6.45) is 0. The lowest BCUT2D eigenvalue weighted by molar-refractivity contribution is -0.136. The third kappa shape index (κ3) is 2.68. The Bertz CT molecular complexity index is 790. The first kappa shape index (κ1) is 17.5. The normalized spacial score (nSPS) is 21.5. The van der Waals surface area contributed by atoms with Crippen LogP contribution in [0.2, 0.25) is 0 Å². The number of nitrogens with zero attached hydrogens (tertiary/aromatic N) is 4. The lowest BCUT2D eigenvalue weighted by Crippen LogP contribution is -2.36. The van der Waals surface area contributed by atoms with Crippen LogP contribution in [-0.2, 0) is 19.1 Å². The number of benzene rings is 1. The average molecular weight is 360 g/mol. The molecule has 10 nitrogen and oxygen atoms in total. The predicted octanol–water partition coefficient (Wildman–Crippen LogP) is 0.859. The Morgan fingerprint density at radius 2 is 1.85 bits per heavy atom. The van der Waals surface area contributed by atoms with E-state index in [2.05, 4.69) is 10.4 Å². The molecule has 1 fully saturated rings. The van der Waals surface area contributed by atoms with Crippen molar-refractivity contribution in [3.05, 3.63) is 29.2 Å². The Balaban J connectivity index is 1.93. The van der Waals surface area contributed by atoms with Crippen molar-refractivity contribution in [2.24, 2.45) is 16.3 Å². The second-order valence-electron chi connectivity index (χ2n) is 5.47. The van der Waals surface area contributed by atoms with E-state index >= 15 is 0 Å². The average Bonchev–Trinajstić information content (AvgIpc) is 3.14. The molecule has 2 amide bonds. The van der Waals surface area contributed by atoms with Gasteiger partial charge in [0.2, 0.25) is 5.91 Å². The number of anilines is 1. The first-order valence-electron chi connectivity index (χ1n) is 8.02. The molecule has 0 spiro atoms. The first-order chi connectivity index (χ1) is 12.5. The lowest BCUT2D eigenvalue weighted by Gasteiger charge is -2.17. The van der Waals surface area contributed by atoms with Crippen molar-refractivity contribution in [2.75, 3.05) is 18.1 Å². The summed E-state index contributed by atoms with van der Waals surface area (Å²) >= 11 is 0. The van der Waals surface area contributed by atoms with E-state index in [9.17, 15) is 19.3 Å². The number of ether oxygens (including phenoxy) is 2. The molecule has 0 unspecified atom stereocenters. The quantitative estimate of drug-likeness (QED) is 0.419. The van der Waals surface area contributed by atoms with Crippen molar-refractivity contribution >= 4 is 29.2 Å². The number of imide groups is 1. The van der Waals surface area contributed by atoms with E-state index in [1.807, 2.05) is 6.92 Å². The molecular formula is C16H16N4O6. The summed E-state index contributed by atoms with van der Waals surface area (Å²) < 4.78 is 10.2. The van der Waals surface area contributed by atoms with Crippen molar-refractivity contribution < 1.29 is 23.9 Å². The molecule has 26 heavy (non-hydrogen) atoms. The van der Waals surface area contributed by atoms with E-state index in [1.54, 1.807) is 31.2 Å². The number of hydrazone groups is 1. The highest BCUT2D eigenvalue weighted by atomic mass is 16.5. The van der Waals surface area contributed by atoms with E-state index in [0.717, 1.165) is 4.90 Å². The number of carbonyl (C=O) groups is 3. The molecule has 3 rings (SSSR count). The van der Waals surface area contributed by atoms with Crippen LogP contribution in [0.25, 0.3) is 0 Å². The number of hydrogen-bond donors (Lipinski definition) is 0. The molecule has 2 aliphatic heterocycles. The summed E-state index contributed by atoms with van der Waals surface area (Å²) in [6, 6.07) is 5.03. The molecule has 1 saturated heterocycles. The van der Waals surface area contributed by atoms with Gasteiger partial charge >= 0.3 is 5.97 Å². The van der Waals surface area contributed by atoms with Crippen LogP contribution in [0.1, 0.15) is 13.8 Å². The predicted molar refractivity (Wildman–Crippen MR) is 89.1 cm³/mol. The number of amides is 2. The molecule has 0 saturated carbocycles. The Morgan fingerprint density at radius 3 is 2.42 bits per heavy atom. The fourth-order valence-electron chi connectivity index (χ4n) is 2.95. The van der Waals surface area contributed by atoms with Gasteiger partial charge in [0.1, 0.15) is 11.7 Å². The van der Waals surface area contributed by atoms with Gasteiger partial charge in [-0.3, -0.25) is 9.59 Å². The van der Waals surface area contributed by atoms with E-state index in [4.69, 9.17) is 9.47 Å². The van der Waals surface area contributed by atoms with Gasteiger partial charge in [-0.15, -0.1) is 15.1 Å². The lowest BCUT2D eigenvalue weighted by atomic mass is 9.98. The summed E-state index contributed by atoms with van der Waals surface area (Å²) in [7, 11) is 0. The minimum atomic E-state index is -1.29. The van der Waals surface area contributed by atoms with Crippen LogP contribution in [0.4, 0.5) is 5.69 Å². The summed E-state index contributed by atoms with van der Waals surface area (Å²) in [6.45, 7) is 3.97. The highest BCUT2D eigenvalue weighted by Gasteiger charge is 2.59. The van der Waals surface area contributed by atoms with Gasteiger partial charge in [0, 0.05) is 0 Å². The highest BCUT2D eigenvalue weighted by molar-refractivity contribution is 6.46. The maximum atomic E-state index is 12.8. The Labute approximate surface area is 148 Å². The van der Waals surface area contributed by atoms with Crippen LogP contribution in [0.3, 0.4) is 0 Å². The van der Waals surface area contributed by atoms with Gasteiger partial charge < -0.3 is 9.47 Å². The van der Waals surface area contributed by atoms with Gasteiger partial charge in [-0.05, 0) is 38.1 Å². The summed E-state index contributed by atoms with van der Waals surface area (Å²) in [5, 5.41) is 6.88. The van der Waals surface area contributed by atoms with Crippen LogP contribution in [-0.4, -0.2) is 47.9 Å². The first-order valence-corrected chi connectivity index (χ1v) is 8.02. The summed E-state index contributed by atoms with van der Waals surface area (Å²) in [5.74, 6) is -2.86. The van der Waals surface area contributed by atoms with Crippen molar-refractivity contribution in [3.8, 4) is 5.75 Å². The van der Waals surface area contributed by atoms with Crippen LogP contribution in [0, 0.1) is 10.8 Å². The molecule has 2 atom stereocenters. The molecule has 2 heterocycles. The van der Waals surface area contributed by atoms with Crippen molar-refractivity contribution in [1.82, 2.24) is 5.12 Å². The Morgan fingerprint density at radius 1 is 1.15 bits per heavy atom. The van der Waals surface area contributed by atoms with Crippen LogP contribution in [0.5, 0.6) is 5.75 Å². The van der Waals surface area contributed by atoms with Crippen LogP contribution in [0.15, 0.2) is 34.7 Å². The van der Waals surface area contributed by atoms with Gasteiger partial charge in [0.25, 0.3) is 5.91 Å². The highest BCUT2D eigenvalue weighted by Crippen LogP contribution is 2.36. The SMILES string of the molecule is CCOC(=O)C1=NN(N=O)[C@H]2C(=O)N(c3ccc(OCC)cc3)C(=O)[C@@H]12. The van der Waals surface area contributed by atoms with Gasteiger partial charge in [0.05, 0.1) is 24.2 Å². The molecule has 0 radical (unpaired) electrons. The van der Waals surface area contributed by atoms with Crippen LogP contribution < -0.4 is 9.64 Å². The minimum Gasteiger partial charge on any atom is -0.494 e. The van der Waals surface area contributed by atoms with Gasteiger partial charge in [-0.2, -0.15) is 0 Å². The monoisotopic (exact) mass is 360 g/mol. The zero-order valence-electron chi connectivity index (χ0n) is 14.1. The zero-order chi connectivity index (χ0) is 18.8.